The lowest BCUT2D eigenvalue weighted by Crippen LogP contribution is -1.88. The predicted octanol–water partition coefficient (Wildman–Crippen LogP) is 1.57. The van der Waals surface area contributed by atoms with Gasteiger partial charge in [0.15, 0.2) is 0 Å². The Morgan fingerprint density at radius 2 is 2.20 bits per heavy atom. The SMILES string of the molecule is Br.O=[N+]([O-])c1ccccn1. The van der Waals surface area contributed by atoms with Gasteiger partial charge in [-0.25, -0.2) is 0 Å². The Morgan fingerprint density at radius 3 is 2.50 bits per heavy atom. The third-order valence-corrected chi connectivity index (χ3v) is 0.836. The normalized spacial score (nSPS) is 8.00. The summed E-state index contributed by atoms with van der Waals surface area (Å²) in [5.74, 6) is -0.113. The van der Waals surface area contributed by atoms with Gasteiger partial charge in [-0.3, -0.25) is 0 Å². The molecule has 0 aliphatic rings. The molecule has 0 fully saturated rings. The molecule has 1 rings (SSSR count). The van der Waals surface area contributed by atoms with Crippen molar-refractivity contribution in [3.8, 4) is 0 Å². The highest BCUT2D eigenvalue weighted by atomic mass is 79.9. The highest BCUT2D eigenvalue weighted by Crippen LogP contribution is 2.01. The van der Waals surface area contributed by atoms with Gasteiger partial charge in [-0.15, -0.1) is 17.0 Å². The molecule has 4 nitrogen and oxygen atoms in total. The Labute approximate surface area is 67.8 Å². The quantitative estimate of drug-likeness (QED) is 0.516. The van der Waals surface area contributed by atoms with Gasteiger partial charge >= 0.3 is 5.82 Å². The first-order chi connectivity index (χ1) is 4.30. The molecule has 54 valence electrons. The van der Waals surface area contributed by atoms with Crippen molar-refractivity contribution in [2.75, 3.05) is 0 Å². The standard InChI is InChI=1S/C5H4N2O2.BrH/c8-7(9)5-3-1-2-4-6-5;/h1-4H;1H. The molecule has 0 radical (unpaired) electrons. The van der Waals surface area contributed by atoms with E-state index in [0.29, 0.717) is 0 Å². The number of hydrogen-bond acceptors (Lipinski definition) is 3. The zero-order valence-corrected chi connectivity index (χ0v) is 6.64. The third-order valence-electron chi connectivity index (χ3n) is 0.836. The molecule has 0 saturated heterocycles. The number of pyridine rings is 1. The molecular formula is C5H5BrN2O2. The summed E-state index contributed by atoms with van der Waals surface area (Å²) >= 11 is 0. The molecule has 5 heteroatoms. The van der Waals surface area contributed by atoms with E-state index in [9.17, 15) is 10.1 Å². The first kappa shape index (κ1) is 9.03. The summed E-state index contributed by atoms with van der Waals surface area (Å²) in [4.78, 5) is 12.9. The van der Waals surface area contributed by atoms with Crippen molar-refractivity contribution in [3.63, 3.8) is 0 Å². The minimum Gasteiger partial charge on any atom is -0.358 e. The van der Waals surface area contributed by atoms with Gasteiger partial charge in [0.05, 0.1) is 0 Å². The summed E-state index contributed by atoms with van der Waals surface area (Å²) in [6, 6.07) is 4.55. The molecular weight excluding hydrogens is 200 g/mol. The second kappa shape index (κ2) is 3.94. The van der Waals surface area contributed by atoms with E-state index in [0.717, 1.165) is 0 Å². The van der Waals surface area contributed by atoms with Gasteiger partial charge in [0.2, 0.25) is 0 Å². The Balaban J connectivity index is 0.000000810. The monoisotopic (exact) mass is 204 g/mol. The second-order valence-electron chi connectivity index (χ2n) is 1.45. The summed E-state index contributed by atoms with van der Waals surface area (Å²) in [5.41, 5.74) is 0. The lowest BCUT2D eigenvalue weighted by molar-refractivity contribution is -0.389. The number of nitrogens with zero attached hydrogens (tertiary/aromatic N) is 2. The largest absolute Gasteiger partial charge is 0.363 e. The van der Waals surface area contributed by atoms with Gasteiger partial charge in [0, 0.05) is 6.07 Å². The molecule has 0 atom stereocenters. The van der Waals surface area contributed by atoms with Gasteiger partial charge in [0.1, 0.15) is 6.20 Å². The van der Waals surface area contributed by atoms with Crippen LogP contribution in [0.25, 0.3) is 0 Å². The molecule has 0 aliphatic heterocycles. The molecule has 0 N–H and O–H groups in total. The molecule has 0 aliphatic carbocycles. The predicted molar refractivity (Wildman–Crippen MR) is 41.2 cm³/mol. The molecule has 0 saturated carbocycles. The zero-order chi connectivity index (χ0) is 6.69. The number of rotatable bonds is 1. The molecule has 0 bridgehead atoms. The van der Waals surface area contributed by atoms with Crippen LogP contribution in [0.4, 0.5) is 5.82 Å². The molecule has 0 aromatic carbocycles. The topological polar surface area (TPSA) is 56.0 Å². The van der Waals surface area contributed by atoms with E-state index in [2.05, 4.69) is 4.98 Å². The number of hydrogen-bond donors (Lipinski definition) is 0. The van der Waals surface area contributed by atoms with Gasteiger partial charge in [-0.2, -0.15) is 0 Å². The molecule has 0 amide bonds. The van der Waals surface area contributed by atoms with Crippen molar-refractivity contribution in [3.05, 3.63) is 34.5 Å². The molecule has 0 spiro atoms. The maximum atomic E-state index is 9.94. The average molecular weight is 205 g/mol. The minimum absolute atomic E-state index is 0. The van der Waals surface area contributed by atoms with Crippen LogP contribution in [0.2, 0.25) is 0 Å². The van der Waals surface area contributed by atoms with Crippen molar-refractivity contribution in [2.45, 2.75) is 0 Å². The third kappa shape index (κ3) is 2.10. The highest BCUT2D eigenvalue weighted by Gasteiger charge is 2.00. The molecule has 0 unspecified atom stereocenters. The van der Waals surface area contributed by atoms with Crippen LogP contribution in [0.3, 0.4) is 0 Å². The Kier molecular flexibility index (Phi) is 3.56. The number of aromatic nitrogens is 1. The first-order valence-corrected chi connectivity index (χ1v) is 2.36. The van der Waals surface area contributed by atoms with E-state index in [4.69, 9.17) is 0 Å². The van der Waals surface area contributed by atoms with E-state index in [1.165, 1.54) is 12.3 Å². The van der Waals surface area contributed by atoms with Crippen LogP contribution in [0.15, 0.2) is 24.4 Å². The summed E-state index contributed by atoms with van der Waals surface area (Å²) in [5, 5.41) is 9.94. The fraction of sp³-hybridized carbons (Fsp3) is 0. The summed E-state index contributed by atoms with van der Waals surface area (Å²) in [6.07, 6.45) is 1.39. The number of nitro groups is 1. The van der Waals surface area contributed by atoms with Crippen LogP contribution < -0.4 is 0 Å². The highest BCUT2D eigenvalue weighted by molar-refractivity contribution is 8.93. The Morgan fingerprint density at radius 1 is 1.50 bits per heavy atom. The maximum Gasteiger partial charge on any atom is 0.363 e. The van der Waals surface area contributed by atoms with Crippen molar-refractivity contribution in [2.24, 2.45) is 0 Å². The van der Waals surface area contributed by atoms with Crippen molar-refractivity contribution >= 4 is 22.8 Å². The minimum atomic E-state index is -0.528. The van der Waals surface area contributed by atoms with Crippen LogP contribution in [0.1, 0.15) is 0 Å². The van der Waals surface area contributed by atoms with Crippen molar-refractivity contribution < 1.29 is 4.92 Å². The molecule has 10 heavy (non-hydrogen) atoms. The lowest BCUT2D eigenvalue weighted by Gasteiger charge is -1.86. The smallest absolute Gasteiger partial charge is 0.358 e. The molecule has 1 aromatic heterocycles. The Bertz CT molecular complexity index is 214. The van der Waals surface area contributed by atoms with Crippen LogP contribution in [0.5, 0.6) is 0 Å². The van der Waals surface area contributed by atoms with Crippen LogP contribution in [0, 0.1) is 10.1 Å². The average Bonchev–Trinajstić information content (AvgIpc) is 1.90. The first-order valence-electron chi connectivity index (χ1n) is 2.36. The van der Waals surface area contributed by atoms with Gasteiger partial charge < -0.3 is 10.1 Å². The maximum absolute atomic E-state index is 9.94. The lowest BCUT2D eigenvalue weighted by atomic mass is 10.5. The van der Waals surface area contributed by atoms with Crippen molar-refractivity contribution in [1.82, 2.24) is 4.98 Å². The summed E-state index contributed by atoms with van der Waals surface area (Å²) in [6.45, 7) is 0. The van der Waals surface area contributed by atoms with E-state index >= 15 is 0 Å². The van der Waals surface area contributed by atoms with E-state index in [1.54, 1.807) is 12.1 Å². The number of halogens is 1. The van der Waals surface area contributed by atoms with Crippen LogP contribution >= 0.6 is 17.0 Å². The Hall–Kier alpha value is -0.970. The van der Waals surface area contributed by atoms with E-state index < -0.39 is 4.92 Å². The summed E-state index contributed by atoms with van der Waals surface area (Å²) in [7, 11) is 0. The fourth-order valence-electron chi connectivity index (χ4n) is 0.462. The molecule has 1 heterocycles. The zero-order valence-electron chi connectivity index (χ0n) is 4.93. The van der Waals surface area contributed by atoms with E-state index in [-0.39, 0.29) is 22.8 Å². The van der Waals surface area contributed by atoms with Gasteiger partial charge in [-0.1, -0.05) is 6.07 Å². The van der Waals surface area contributed by atoms with Gasteiger partial charge in [-0.05, 0) is 16.0 Å². The van der Waals surface area contributed by atoms with Crippen LogP contribution in [-0.2, 0) is 0 Å². The molecule has 1 aromatic rings. The summed E-state index contributed by atoms with van der Waals surface area (Å²) < 4.78 is 0. The fourth-order valence-corrected chi connectivity index (χ4v) is 0.462. The second-order valence-corrected chi connectivity index (χ2v) is 1.45. The van der Waals surface area contributed by atoms with Crippen LogP contribution in [-0.4, -0.2) is 9.91 Å². The van der Waals surface area contributed by atoms with Gasteiger partial charge in [0.25, 0.3) is 0 Å². The van der Waals surface area contributed by atoms with E-state index in [1.807, 2.05) is 0 Å². The van der Waals surface area contributed by atoms with Crippen molar-refractivity contribution in [1.29, 1.82) is 0 Å².